The summed E-state index contributed by atoms with van der Waals surface area (Å²) in [6.45, 7) is 0. The summed E-state index contributed by atoms with van der Waals surface area (Å²) in [7, 11) is 2.98. The van der Waals surface area contributed by atoms with Crippen LogP contribution in [0.25, 0.3) is 0 Å². The lowest BCUT2D eigenvalue weighted by molar-refractivity contribution is 0.151. The molecule has 4 N–H and O–H groups in total. The van der Waals surface area contributed by atoms with E-state index in [1.807, 2.05) is 0 Å². The quantitative estimate of drug-likeness (QED) is 0.642. The monoisotopic (exact) mass is 267 g/mol. The van der Waals surface area contributed by atoms with Gasteiger partial charge in [0.15, 0.2) is 5.84 Å². The molecule has 0 aliphatic heterocycles. The van der Waals surface area contributed by atoms with Gasteiger partial charge in [0, 0.05) is 19.7 Å². The zero-order valence-electron chi connectivity index (χ0n) is 10.6. The lowest BCUT2D eigenvalue weighted by Gasteiger charge is -2.05. The number of halogens is 2. The van der Waals surface area contributed by atoms with Crippen LogP contribution in [0.2, 0.25) is 0 Å². The first-order valence-corrected chi connectivity index (χ1v) is 5.41. The molecule has 0 radical (unpaired) electrons. The summed E-state index contributed by atoms with van der Waals surface area (Å²) < 4.78 is 25.1. The molecule has 0 aliphatic carbocycles. The Morgan fingerprint density at radius 2 is 1.79 bits per heavy atom. The molecule has 1 aromatic rings. The van der Waals surface area contributed by atoms with E-state index in [-0.39, 0.29) is 22.9 Å². The number of nitrogens with zero attached hydrogens (tertiary/aromatic N) is 3. The molecule has 0 aliphatic rings. The van der Waals surface area contributed by atoms with Gasteiger partial charge in [0.25, 0.3) is 6.43 Å². The molecule has 0 bridgehead atoms. The number of alkyl halides is 2. The van der Waals surface area contributed by atoms with Crippen molar-refractivity contribution in [2.24, 2.45) is 26.4 Å². The van der Waals surface area contributed by atoms with E-state index in [1.54, 1.807) is 6.07 Å². The van der Waals surface area contributed by atoms with E-state index in [9.17, 15) is 8.78 Å². The zero-order valence-corrected chi connectivity index (χ0v) is 10.6. The van der Waals surface area contributed by atoms with Crippen LogP contribution in [0.5, 0.6) is 0 Å². The van der Waals surface area contributed by atoms with Crippen molar-refractivity contribution < 1.29 is 8.78 Å². The topological polar surface area (TPSA) is 89.1 Å². The predicted molar refractivity (Wildman–Crippen MR) is 73.6 cm³/mol. The number of aliphatic imine (C=N–C) groups is 3. The second kappa shape index (κ2) is 6.58. The maximum Gasteiger partial charge on any atom is 0.263 e. The predicted octanol–water partition coefficient (Wildman–Crippen LogP) is 1.67. The van der Waals surface area contributed by atoms with Gasteiger partial charge < -0.3 is 11.5 Å². The van der Waals surface area contributed by atoms with Gasteiger partial charge in [0.05, 0.1) is 5.69 Å². The van der Waals surface area contributed by atoms with Crippen LogP contribution in [0.3, 0.4) is 0 Å². The van der Waals surface area contributed by atoms with Gasteiger partial charge in [-0.25, -0.2) is 13.8 Å². The highest BCUT2D eigenvalue weighted by Crippen LogP contribution is 2.23. The third-order valence-corrected chi connectivity index (χ3v) is 2.32. The number of benzene rings is 1. The first kappa shape index (κ1) is 14.7. The maximum atomic E-state index is 12.5. The standard InChI is InChI=1S/C12H15F2N5/c1-17-9(11(15)18-2)12(16)19-8-5-3-4-7(6-8)10(13)14/h3-6,10H,1-2H3,(H2,15,18)(H2,16,19). The van der Waals surface area contributed by atoms with Crippen molar-refractivity contribution in [1.29, 1.82) is 0 Å². The summed E-state index contributed by atoms with van der Waals surface area (Å²) in [5.41, 5.74) is 11.7. The smallest absolute Gasteiger partial charge is 0.263 e. The van der Waals surface area contributed by atoms with Crippen LogP contribution in [-0.4, -0.2) is 31.5 Å². The molecular formula is C12H15F2N5. The van der Waals surface area contributed by atoms with E-state index in [1.165, 1.54) is 32.3 Å². The van der Waals surface area contributed by atoms with E-state index < -0.39 is 6.43 Å². The van der Waals surface area contributed by atoms with E-state index in [2.05, 4.69) is 15.0 Å². The summed E-state index contributed by atoms with van der Waals surface area (Å²) in [4.78, 5) is 11.6. The average molecular weight is 267 g/mol. The Morgan fingerprint density at radius 1 is 1.11 bits per heavy atom. The molecule has 1 rings (SSSR count). The SMILES string of the molecule is CN=C(N)C(=NC)C(N)=Nc1cccc(C(F)F)c1. The van der Waals surface area contributed by atoms with Gasteiger partial charge in [-0.15, -0.1) is 0 Å². The summed E-state index contributed by atoms with van der Waals surface area (Å²) in [6, 6.07) is 5.61. The van der Waals surface area contributed by atoms with Gasteiger partial charge in [0.2, 0.25) is 0 Å². The van der Waals surface area contributed by atoms with Crippen molar-refractivity contribution in [3.63, 3.8) is 0 Å². The molecule has 0 saturated heterocycles. The molecule has 0 fully saturated rings. The van der Waals surface area contributed by atoms with Crippen LogP contribution in [0.15, 0.2) is 39.2 Å². The molecule has 102 valence electrons. The lowest BCUT2D eigenvalue weighted by Crippen LogP contribution is -2.35. The molecule has 0 saturated carbocycles. The van der Waals surface area contributed by atoms with Crippen molar-refractivity contribution in [3.8, 4) is 0 Å². The van der Waals surface area contributed by atoms with E-state index in [0.717, 1.165) is 0 Å². The normalized spacial score (nSPS) is 14.1. The van der Waals surface area contributed by atoms with Crippen LogP contribution >= 0.6 is 0 Å². The summed E-state index contributed by atoms with van der Waals surface area (Å²) in [5.74, 6) is 0.158. The molecule has 1 aromatic carbocycles. The number of hydrogen-bond acceptors (Lipinski definition) is 3. The Kier molecular flexibility index (Phi) is 5.11. The molecule has 0 aromatic heterocycles. The Hall–Kier alpha value is -2.31. The highest BCUT2D eigenvalue weighted by molar-refractivity contribution is 6.67. The van der Waals surface area contributed by atoms with Crippen LogP contribution in [0, 0.1) is 0 Å². The maximum absolute atomic E-state index is 12.5. The van der Waals surface area contributed by atoms with E-state index in [0.29, 0.717) is 5.69 Å². The minimum absolute atomic E-state index is 0.0250. The van der Waals surface area contributed by atoms with Gasteiger partial charge in [-0.2, -0.15) is 0 Å². The van der Waals surface area contributed by atoms with Crippen molar-refractivity contribution in [1.82, 2.24) is 0 Å². The van der Waals surface area contributed by atoms with E-state index in [4.69, 9.17) is 11.5 Å². The van der Waals surface area contributed by atoms with Crippen molar-refractivity contribution >= 4 is 23.1 Å². The first-order chi connectivity index (χ1) is 8.99. The van der Waals surface area contributed by atoms with Gasteiger partial charge in [-0.3, -0.25) is 9.98 Å². The van der Waals surface area contributed by atoms with Crippen LogP contribution in [-0.2, 0) is 0 Å². The summed E-state index contributed by atoms with van der Waals surface area (Å²) in [6.07, 6.45) is -2.56. The molecular weight excluding hydrogens is 252 g/mol. The molecule has 0 heterocycles. The second-order valence-corrected chi connectivity index (χ2v) is 3.57. The summed E-state index contributed by atoms with van der Waals surface area (Å²) >= 11 is 0. The molecule has 0 unspecified atom stereocenters. The van der Waals surface area contributed by atoms with Crippen LogP contribution in [0.1, 0.15) is 12.0 Å². The average Bonchev–Trinajstić information content (AvgIpc) is 2.39. The number of hydrogen-bond donors (Lipinski definition) is 2. The van der Waals surface area contributed by atoms with E-state index >= 15 is 0 Å². The van der Waals surface area contributed by atoms with Crippen LogP contribution < -0.4 is 11.5 Å². The number of rotatable bonds is 4. The third-order valence-electron chi connectivity index (χ3n) is 2.32. The Bertz CT molecular complexity index is 535. The Morgan fingerprint density at radius 3 is 2.32 bits per heavy atom. The molecule has 5 nitrogen and oxygen atoms in total. The van der Waals surface area contributed by atoms with Gasteiger partial charge in [-0.05, 0) is 12.1 Å². The minimum Gasteiger partial charge on any atom is -0.382 e. The number of amidine groups is 2. The zero-order chi connectivity index (χ0) is 14.4. The van der Waals surface area contributed by atoms with Crippen molar-refractivity contribution in [2.75, 3.05) is 14.1 Å². The van der Waals surface area contributed by atoms with Crippen molar-refractivity contribution in [2.45, 2.75) is 6.43 Å². The van der Waals surface area contributed by atoms with Crippen molar-refractivity contribution in [3.05, 3.63) is 29.8 Å². The molecule has 0 atom stereocenters. The first-order valence-electron chi connectivity index (χ1n) is 5.41. The fourth-order valence-corrected chi connectivity index (χ4v) is 1.39. The number of nitrogens with two attached hydrogens (primary N) is 2. The molecule has 19 heavy (non-hydrogen) atoms. The van der Waals surface area contributed by atoms with Gasteiger partial charge >= 0.3 is 0 Å². The highest BCUT2D eigenvalue weighted by atomic mass is 19.3. The van der Waals surface area contributed by atoms with Gasteiger partial charge in [0.1, 0.15) is 11.5 Å². The molecule has 7 heteroatoms. The second-order valence-electron chi connectivity index (χ2n) is 3.57. The van der Waals surface area contributed by atoms with Gasteiger partial charge in [-0.1, -0.05) is 12.1 Å². The summed E-state index contributed by atoms with van der Waals surface area (Å²) in [5, 5.41) is 0. The highest BCUT2D eigenvalue weighted by Gasteiger charge is 2.10. The van der Waals surface area contributed by atoms with Crippen LogP contribution in [0.4, 0.5) is 14.5 Å². The lowest BCUT2D eigenvalue weighted by atomic mass is 10.2. The largest absolute Gasteiger partial charge is 0.382 e. The fourth-order valence-electron chi connectivity index (χ4n) is 1.39. The Labute approximate surface area is 109 Å². The fraction of sp³-hybridized carbons (Fsp3) is 0.250. The Balaban J connectivity index is 3.11. The molecule has 0 amide bonds. The minimum atomic E-state index is -2.56. The third kappa shape index (κ3) is 3.84. The molecule has 0 spiro atoms.